The molecule has 1 aromatic carbocycles. The molecule has 118 valence electrons. The Morgan fingerprint density at radius 3 is 2.76 bits per heavy atom. The molecule has 3 nitrogen and oxygen atoms in total. The Bertz CT molecular complexity index is 411. The lowest BCUT2D eigenvalue weighted by Gasteiger charge is -2.36. The van der Waals surface area contributed by atoms with Crippen LogP contribution in [0.2, 0.25) is 0 Å². The van der Waals surface area contributed by atoms with Gasteiger partial charge in [-0.05, 0) is 51.1 Å². The van der Waals surface area contributed by atoms with Gasteiger partial charge < -0.3 is 10.2 Å². The monoisotopic (exact) mass is 310 g/mol. The minimum absolute atomic E-state index is 0. The largest absolute Gasteiger partial charge is 0.339 e. The van der Waals surface area contributed by atoms with Crippen LogP contribution >= 0.6 is 12.4 Å². The zero-order valence-corrected chi connectivity index (χ0v) is 13.7. The number of nitrogens with one attached hydrogen (secondary N) is 1. The molecule has 1 unspecified atom stereocenters. The summed E-state index contributed by atoms with van der Waals surface area (Å²) in [4.78, 5) is 14.2. The van der Waals surface area contributed by atoms with Gasteiger partial charge in [-0.2, -0.15) is 0 Å². The maximum absolute atomic E-state index is 12.1. The van der Waals surface area contributed by atoms with E-state index in [-0.39, 0.29) is 18.3 Å². The Morgan fingerprint density at radius 1 is 1.29 bits per heavy atom. The normalized spacial score (nSPS) is 18.1. The van der Waals surface area contributed by atoms with Gasteiger partial charge in [0, 0.05) is 12.6 Å². The molecule has 21 heavy (non-hydrogen) atoms. The molecule has 1 aliphatic rings. The van der Waals surface area contributed by atoms with Gasteiger partial charge in [-0.3, -0.25) is 4.79 Å². The summed E-state index contributed by atoms with van der Waals surface area (Å²) in [6.45, 7) is 1.41. The molecule has 0 aromatic heterocycles. The maximum atomic E-state index is 12.1. The predicted octanol–water partition coefficient (Wildman–Crippen LogP) is 3.03. The van der Waals surface area contributed by atoms with Crippen molar-refractivity contribution in [3.8, 4) is 0 Å². The van der Waals surface area contributed by atoms with Gasteiger partial charge in [-0.1, -0.05) is 30.3 Å². The maximum Gasteiger partial charge on any atom is 0.236 e. The van der Waals surface area contributed by atoms with Gasteiger partial charge in [0.25, 0.3) is 0 Å². The molecule has 1 atom stereocenters. The van der Waals surface area contributed by atoms with Gasteiger partial charge in [0.05, 0.1) is 6.54 Å². The molecule has 1 N–H and O–H groups in total. The number of halogens is 1. The molecule has 1 heterocycles. The predicted molar refractivity (Wildman–Crippen MR) is 89.9 cm³/mol. The first kappa shape index (κ1) is 18.0. The number of carbonyl (C=O) groups excluding carboxylic acids is 1. The van der Waals surface area contributed by atoms with E-state index in [2.05, 4.69) is 40.5 Å². The molecule has 4 heteroatoms. The second-order valence-corrected chi connectivity index (χ2v) is 5.64. The number of amides is 1. The topological polar surface area (TPSA) is 32.3 Å². The fraction of sp³-hybridized carbons (Fsp3) is 0.588. The summed E-state index contributed by atoms with van der Waals surface area (Å²) < 4.78 is 0. The second-order valence-electron chi connectivity index (χ2n) is 5.64. The molecule has 0 radical (unpaired) electrons. The fourth-order valence-electron chi connectivity index (χ4n) is 3.07. The number of carbonyl (C=O) groups is 1. The van der Waals surface area contributed by atoms with Crippen LogP contribution in [-0.2, 0) is 11.2 Å². The van der Waals surface area contributed by atoms with Crippen LogP contribution in [-0.4, -0.2) is 37.0 Å². The van der Waals surface area contributed by atoms with E-state index in [9.17, 15) is 4.79 Å². The smallest absolute Gasteiger partial charge is 0.236 e. The second kappa shape index (κ2) is 9.80. The molecular formula is C17H27ClN2O. The molecule has 0 saturated carbocycles. The highest BCUT2D eigenvalue weighted by molar-refractivity contribution is 5.85. The number of rotatable bonds is 6. The Kier molecular flexibility index (Phi) is 8.40. The Morgan fingerprint density at radius 2 is 2.05 bits per heavy atom. The highest BCUT2D eigenvalue weighted by Gasteiger charge is 2.25. The molecule has 0 bridgehead atoms. The van der Waals surface area contributed by atoms with Crippen molar-refractivity contribution in [3.05, 3.63) is 35.9 Å². The van der Waals surface area contributed by atoms with E-state index < -0.39 is 0 Å². The van der Waals surface area contributed by atoms with Crippen LogP contribution in [0.15, 0.2) is 30.3 Å². The van der Waals surface area contributed by atoms with Gasteiger partial charge in [-0.15, -0.1) is 12.4 Å². The van der Waals surface area contributed by atoms with Crippen molar-refractivity contribution in [1.82, 2.24) is 10.2 Å². The van der Waals surface area contributed by atoms with Crippen molar-refractivity contribution in [2.75, 3.05) is 20.1 Å². The third-order valence-corrected chi connectivity index (χ3v) is 4.12. The standard InChI is InChI=1S/C17H26N2O.ClH/c1-18-14-17(20)19-13-6-5-11-16(19)12-7-10-15-8-3-2-4-9-15;/h2-4,8-9,16,18H,5-7,10-14H2,1H3;1H. The van der Waals surface area contributed by atoms with Gasteiger partial charge in [-0.25, -0.2) is 0 Å². The Hall–Kier alpha value is -1.06. The Labute approximate surface area is 134 Å². The number of hydrogen-bond donors (Lipinski definition) is 1. The molecule has 1 fully saturated rings. The lowest BCUT2D eigenvalue weighted by atomic mass is 9.96. The van der Waals surface area contributed by atoms with Crippen LogP contribution in [0.5, 0.6) is 0 Å². The van der Waals surface area contributed by atoms with E-state index in [1.165, 1.54) is 18.4 Å². The van der Waals surface area contributed by atoms with Crippen LogP contribution in [0.3, 0.4) is 0 Å². The van der Waals surface area contributed by atoms with Gasteiger partial charge >= 0.3 is 0 Å². The van der Waals surface area contributed by atoms with Crippen molar-refractivity contribution >= 4 is 18.3 Å². The van der Waals surface area contributed by atoms with Crippen molar-refractivity contribution < 1.29 is 4.79 Å². The first-order valence-corrected chi connectivity index (χ1v) is 7.79. The van der Waals surface area contributed by atoms with Crippen LogP contribution in [0.25, 0.3) is 0 Å². The Balaban J connectivity index is 0.00000220. The summed E-state index contributed by atoms with van der Waals surface area (Å²) in [5.41, 5.74) is 1.40. The highest BCUT2D eigenvalue weighted by Crippen LogP contribution is 2.21. The number of likely N-dealkylation sites (N-methyl/N-ethyl adjacent to an activating group) is 1. The average Bonchev–Trinajstić information content (AvgIpc) is 2.49. The third kappa shape index (κ3) is 5.68. The zero-order valence-electron chi connectivity index (χ0n) is 12.9. The average molecular weight is 311 g/mol. The van der Waals surface area contributed by atoms with Crippen molar-refractivity contribution in [1.29, 1.82) is 0 Å². The molecule has 1 aromatic rings. The number of nitrogens with zero attached hydrogens (tertiary/aromatic N) is 1. The number of piperidine rings is 1. The van der Waals surface area contributed by atoms with Crippen LogP contribution in [0.1, 0.15) is 37.7 Å². The van der Waals surface area contributed by atoms with Crippen LogP contribution in [0.4, 0.5) is 0 Å². The quantitative estimate of drug-likeness (QED) is 0.876. The minimum atomic E-state index is 0. The fourth-order valence-corrected chi connectivity index (χ4v) is 3.07. The summed E-state index contributed by atoms with van der Waals surface area (Å²) in [5, 5.41) is 2.98. The number of benzene rings is 1. The third-order valence-electron chi connectivity index (χ3n) is 4.12. The first-order valence-electron chi connectivity index (χ1n) is 7.79. The number of aryl methyl sites for hydroxylation is 1. The van der Waals surface area contributed by atoms with Gasteiger partial charge in [0.2, 0.25) is 5.91 Å². The summed E-state index contributed by atoms with van der Waals surface area (Å²) in [7, 11) is 1.84. The van der Waals surface area contributed by atoms with Crippen molar-refractivity contribution in [3.63, 3.8) is 0 Å². The van der Waals surface area contributed by atoms with E-state index in [1.54, 1.807) is 0 Å². The molecule has 2 rings (SSSR count). The SMILES string of the molecule is CNCC(=O)N1CCCCC1CCCc1ccccc1.Cl. The molecule has 1 aliphatic heterocycles. The van der Waals surface area contributed by atoms with Crippen molar-refractivity contribution in [2.45, 2.75) is 44.6 Å². The molecule has 0 aliphatic carbocycles. The molecular weight excluding hydrogens is 284 g/mol. The summed E-state index contributed by atoms with van der Waals surface area (Å²) in [6.07, 6.45) is 7.00. The van der Waals surface area contributed by atoms with Gasteiger partial charge in [0.15, 0.2) is 0 Å². The van der Waals surface area contributed by atoms with E-state index in [0.29, 0.717) is 12.6 Å². The summed E-state index contributed by atoms with van der Waals surface area (Å²) >= 11 is 0. The van der Waals surface area contributed by atoms with E-state index in [0.717, 1.165) is 32.2 Å². The highest BCUT2D eigenvalue weighted by atomic mass is 35.5. The summed E-state index contributed by atoms with van der Waals surface area (Å²) in [5.74, 6) is 0.261. The number of likely N-dealkylation sites (tertiary alicyclic amines) is 1. The number of hydrogen-bond acceptors (Lipinski definition) is 2. The van der Waals surface area contributed by atoms with Gasteiger partial charge in [0.1, 0.15) is 0 Å². The minimum Gasteiger partial charge on any atom is -0.339 e. The lowest BCUT2D eigenvalue weighted by molar-refractivity contribution is -0.133. The van der Waals surface area contributed by atoms with Crippen molar-refractivity contribution in [2.24, 2.45) is 0 Å². The van der Waals surface area contributed by atoms with Crippen LogP contribution in [0, 0.1) is 0 Å². The molecule has 0 spiro atoms. The zero-order chi connectivity index (χ0) is 14.2. The van der Waals surface area contributed by atoms with E-state index >= 15 is 0 Å². The molecule has 1 saturated heterocycles. The summed E-state index contributed by atoms with van der Waals surface area (Å²) in [6, 6.07) is 11.1. The molecule has 1 amide bonds. The first-order chi connectivity index (χ1) is 9.81. The van der Waals surface area contributed by atoms with Crippen LogP contribution < -0.4 is 5.32 Å². The lowest BCUT2D eigenvalue weighted by Crippen LogP contribution is -2.46. The van der Waals surface area contributed by atoms with E-state index in [1.807, 2.05) is 7.05 Å². The van der Waals surface area contributed by atoms with E-state index in [4.69, 9.17) is 0 Å².